The first-order valence-corrected chi connectivity index (χ1v) is 13.5. The van der Waals surface area contributed by atoms with Gasteiger partial charge < -0.3 is 4.90 Å². The second-order valence-corrected chi connectivity index (χ2v) is 11.2. The van der Waals surface area contributed by atoms with Crippen LogP contribution < -0.4 is 4.90 Å². The highest BCUT2D eigenvalue weighted by Gasteiger charge is 2.73. The molecule has 3 aromatic carbocycles. The lowest BCUT2D eigenvalue weighted by Crippen LogP contribution is -2.56. The average Bonchev–Trinajstić information content (AvgIpc) is 3.30. The Balaban J connectivity index is 1.50. The van der Waals surface area contributed by atoms with Gasteiger partial charge in [-0.3, -0.25) is 9.63 Å². The van der Waals surface area contributed by atoms with Crippen LogP contribution >= 0.6 is 0 Å². The highest BCUT2D eigenvalue weighted by atomic mass is 16.7. The van der Waals surface area contributed by atoms with Crippen LogP contribution in [0.3, 0.4) is 0 Å². The maximum Gasteiger partial charge on any atom is 0.254 e. The molecule has 2 aliphatic heterocycles. The van der Waals surface area contributed by atoms with Gasteiger partial charge >= 0.3 is 0 Å². The molecule has 3 aromatic rings. The summed E-state index contributed by atoms with van der Waals surface area (Å²) in [6, 6.07) is 29.6. The van der Waals surface area contributed by atoms with Crippen LogP contribution in [0.2, 0.25) is 0 Å². The molecule has 0 bridgehead atoms. The fourth-order valence-corrected chi connectivity index (χ4v) is 7.42. The van der Waals surface area contributed by atoms with Crippen molar-refractivity contribution in [2.24, 2.45) is 11.3 Å². The normalized spacial score (nSPS) is 25.2. The zero-order chi connectivity index (χ0) is 24.8. The van der Waals surface area contributed by atoms with Gasteiger partial charge in [-0.1, -0.05) is 98.1 Å². The summed E-state index contributed by atoms with van der Waals surface area (Å²) in [5, 5.41) is 1.77. The zero-order valence-corrected chi connectivity index (χ0v) is 21.4. The van der Waals surface area contributed by atoms with E-state index in [0.717, 1.165) is 24.9 Å². The Kier molecular flexibility index (Phi) is 5.88. The van der Waals surface area contributed by atoms with Crippen LogP contribution in [0.4, 0.5) is 5.69 Å². The second kappa shape index (κ2) is 9.08. The van der Waals surface area contributed by atoms with Crippen molar-refractivity contribution >= 4 is 11.6 Å². The topological polar surface area (TPSA) is 32.8 Å². The number of benzene rings is 3. The Hall–Kier alpha value is -3.11. The molecule has 0 radical (unpaired) electrons. The van der Waals surface area contributed by atoms with E-state index in [4.69, 9.17) is 4.84 Å². The molecule has 2 unspecified atom stereocenters. The van der Waals surface area contributed by atoms with Crippen molar-refractivity contribution in [2.75, 3.05) is 4.90 Å². The summed E-state index contributed by atoms with van der Waals surface area (Å²) in [7, 11) is 0. The number of carbonyl (C=O) groups is 1. The maximum atomic E-state index is 14.3. The first kappa shape index (κ1) is 23.3. The molecular formula is C32H36N2O2. The van der Waals surface area contributed by atoms with Crippen LogP contribution in [0.1, 0.15) is 62.6 Å². The van der Waals surface area contributed by atoms with E-state index < -0.39 is 5.41 Å². The van der Waals surface area contributed by atoms with Gasteiger partial charge in [-0.05, 0) is 55.4 Å². The number of para-hydroxylation sites is 1. The molecule has 1 amide bonds. The van der Waals surface area contributed by atoms with E-state index in [1.807, 2.05) is 18.2 Å². The van der Waals surface area contributed by atoms with Crippen LogP contribution in [0.15, 0.2) is 84.9 Å². The molecule has 6 rings (SSSR count). The largest absolute Gasteiger partial charge is 0.344 e. The van der Waals surface area contributed by atoms with E-state index in [2.05, 4.69) is 85.5 Å². The van der Waals surface area contributed by atoms with Gasteiger partial charge in [0.1, 0.15) is 12.8 Å². The Morgan fingerprint density at radius 3 is 2.11 bits per heavy atom. The summed E-state index contributed by atoms with van der Waals surface area (Å²) in [6.07, 6.45) is 5.89. The molecular weight excluding hydrogens is 444 g/mol. The van der Waals surface area contributed by atoms with Crippen molar-refractivity contribution in [2.45, 2.75) is 70.7 Å². The average molecular weight is 481 g/mol. The van der Waals surface area contributed by atoms with Crippen LogP contribution in [0.25, 0.3) is 0 Å². The van der Waals surface area contributed by atoms with E-state index in [1.54, 1.807) is 5.06 Å². The van der Waals surface area contributed by atoms with Crippen molar-refractivity contribution in [1.82, 2.24) is 5.06 Å². The number of amides is 1. The lowest BCUT2D eigenvalue weighted by Gasteiger charge is -2.47. The Morgan fingerprint density at radius 1 is 0.806 bits per heavy atom. The first-order valence-electron chi connectivity index (χ1n) is 13.5. The smallest absolute Gasteiger partial charge is 0.254 e. The number of anilines is 1. The molecule has 1 saturated carbocycles. The van der Waals surface area contributed by atoms with Gasteiger partial charge in [0.05, 0.1) is 10.8 Å². The fourth-order valence-electron chi connectivity index (χ4n) is 7.42. The summed E-state index contributed by atoms with van der Waals surface area (Å²) < 4.78 is 0. The number of hydrogen-bond donors (Lipinski definition) is 0. The van der Waals surface area contributed by atoms with E-state index >= 15 is 0 Å². The monoisotopic (exact) mass is 480 g/mol. The number of carbonyl (C=O) groups excluding carboxylic acids is 1. The summed E-state index contributed by atoms with van der Waals surface area (Å²) in [5.41, 5.74) is 3.97. The lowest BCUT2D eigenvalue weighted by atomic mass is 9.54. The quantitative estimate of drug-likeness (QED) is 0.387. The third-order valence-corrected chi connectivity index (χ3v) is 9.01. The predicted molar refractivity (Wildman–Crippen MR) is 143 cm³/mol. The van der Waals surface area contributed by atoms with E-state index in [1.165, 1.54) is 36.1 Å². The molecule has 2 atom stereocenters. The van der Waals surface area contributed by atoms with Crippen LogP contribution in [-0.4, -0.2) is 17.1 Å². The fraction of sp³-hybridized carbons (Fsp3) is 0.406. The predicted octanol–water partition coefficient (Wildman–Crippen LogP) is 6.85. The highest BCUT2D eigenvalue weighted by Crippen LogP contribution is 2.66. The molecule has 0 spiro atoms. The lowest BCUT2D eigenvalue weighted by molar-refractivity contribution is -0.199. The molecule has 2 heterocycles. The molecule has 0 aromatic heterocycles. The molecule has 186 valence electrons. The Morgan fingerprint density at radius 2 is 1.42 bits per heavy atom. The number of nitrogens with zero attached hydrogens (tertiary/aromatic N) is 2. The molecule has 1 aliphatic carbocycles. The number of rotatable bonds is 6. The van der Waals surface area contributed by atoms with Gasteiger partial charge in [-0.15, -0.1) is 0 Å². The van der Waals surface area contributed by atoms with Crippen LogP contribution in [-0.2, 0) is 28.2 Å². The number of hydroxylamine groups is 2. The third-order valence-electron chi connectivity index (χ3n) is 9.01. The standard InChI is InChI=1S/C32H36N2O2/c1-31(2)30(35)34(36-23-25-16-8-4-9-17-25)29-32(31,26-18-10-5-11-19-26)27-20-12-13-21-28(27)33(29)22-24-14-6-3-7-15-24/h3-4,6-9,12-17,20-21,26,29H,5,10-11,18-19,22-23H2,1-2H3. The summed E-state index contributed by atoms with van der Waals surface area (Å²) in [4.78, 5) is 23.3. The minimum atomic E-state index is -0.585. The van der Waals surface area contributed by atoms with Gasteiger partial charge in [-0.25, -0.2) is 0 Å². The van der Waals surface area contributed by atoms with E-state index in [9.17, 15) is 4.79 Å². The summed E-state index contributed by atoms with van der Waals surface area (Å²) in [6.45, 7) is 5.47. The second-order valence-electron chi connectivity index (χ2n) is 11.2. The Bertz CT molecular complexity index is 1220. The minimum absolute atomic E-state index is 0.0987. The first-order chi connectivity index (χ1) is 17.5. The minimum Gasteiger partial charge on any atom is -0.344 e. The molecule has 2 fully saturated rings. The number of hydrogen-bond acceptors (Lipinski definition) is 3. The van der Waals surface area contributed by atoms with Crippen LogP contribution in [0.5, 0.6) is 0 Å². The molecule has 4 heteroatoms. The third kappa shape index (κ3) is 3.42. The summed E-state index contributed by atoms with van der Waals surface area (Å²) >= 11 is 0. The van der Waals surface area contributed by atoms with Crippen molar-refractivity contribution < 1.29 is 9.63 Å². The number of fused-ring (bicyclic) bond motifs is 3. The Labute approximate surface area is 214 Å². The highest BCUT2D eigenvalue weighted by molar-refractivity contribution is 5.90. The molecule has 3 aliphatic rings. The molecule has 1 saturated heterocycles. The van der Waals surface area contributed by atoms with Gasteiger partial charge in [-0.2, -0.15) is 5.06 Å². The summed E-state index contributed by atoms with van der Waals surface area (Å²) in [5.74, 6) is 0.531. The molecule has 36 heavy (non-hydrogen) atoms. The molecule has 4 nitrogen and oxygen atoms in total. The molecule has 0 N–H and O–H groups in total. The van der Waals surface area contributed by atoms with Crippen molar-refractivity contribution in [3.05, 3.63) is 102 Å². The van der Waals surface area contributed by atoms with E-state index in [0.29, 0.717) is 12.5 Å². The SMILES string of the molecule is CC1(C)C(=O)N(OCc2ccccc2)C2N(Cc3ccccc3)c3ccccc3C21C1CCCCC1. The van der Waals surface area contributed by atoms with Gasteiger partial charge in [0.15, 0.2) is 0 Å². The van der Waals surface area contributed by atoms with E-state index in [-0.39, 0.29) is 17.5 Å². The van der Waals surface area contributed by atoms with Gasteiger partial charge in [0.2, 0.25) is 0 Å². The van der Waals surface area contributed by atoms with Crippen molar-refractivity contribution in [1.29, 1.82) is 0 Å². The zero-order valence-electron chi connectivity index (χ0n) is 21.4. The van der Waals surface area contributed by atoms with Gasteiger partial charge in [0.25, 0.3) is 5.91 Å². The van der Waals surface area contributed by atoms with Crippen molar-refractivity contribution in [3.8, 4) is 0 Å². The maximum absolute atomic E-state index is 14.3. The van der Waals surface area contributed by atoms with Gasteiger partial charge in [0, 0.05) is 12.2 Å². The van der Waals surface area contributed by atoms with Crippen molar-refractivity contribution in [3.63, 3.8) is 0 Å². The van der Waals surface area contributed by atoms with Crippen LogP contribution in [0, 0.1) is 11.3 Å².